The van der Waals surface area contributed by atoms with E-state index >= 15 is 0 Å². The second kappa shape index (κ2) is 8.70. The Kier molecular flexibility index (Phi) is 6.31. The van der Waals surface area contributed by atoms with Crippen molar-refractivity contribution in [1.82, 2.24) is 0 Å². The number of nitrogens with zero attached hydrogens (tertiary/aromatic N) is 1. The highest BCUT2D eigenvalue weighted by atomic mass is 35.5. The minimum absolute atomic E-state index is 0.00681. The zero-order valence-corrected chi connectivity index (χ0v) is 16.8. The lowest BCUT2D eigenvalue weighted by molar-refractivity contribution is -0.383. The Hall–Kier alpha value is -2.45. The molecule has 0 aliphatic heterocycles. The van der Waals surface area contributed by atoms with Crippen molar-refractivity contribution in [3.8, 4) is 0 Å². The number of anilines is 1. The molecule has 148 valence electrons. The number of hydrogen-bond acceptors (Lipinski definition) is 6. The molecule has 7 nitrogen and oxygen atoms in total. The molecule has 1 heterocycles. The van der Waals surface area contributed by atoms with E-state index in [1.54, 1.807) is 0 Å². The van der Waals surface area contributed by atoms with Gasteiger partial charge in [-0.25, -0.2) is 4.79 Å². The number of hydrogen-bond donors (Lipinski definition) is 1. The number of nitrogens with one attached hydrogen (secondary N) is 1. The van der Waals surface area contributed by atoms with Crippen LogP contribution in [-0.4, -0.2) is 23.4 Å². The lowest BCUT2D eigenvalue weighted by Gasteiger charge is -2.19. The number of benzene rings is 1. The van der Waals surface area contributed by atoms with Crippen molar-refractivity contribution in [2.24, 2.45) is 5.92 Å². The van der Waals surface area contributed by atoms with Gasteiger partial charge in [0, 0.05) is 16.0 Å². The molecule has 0 saturated carbocycles. The molecule has 3 rings (SSSR count). The number of halogens is 1. The third-order valence-corrected chi connectivity index (χ3v) is 6.18. The Morgan fingerprint density at radius 3 is 2.89 bits per heavy atom. The smallest absolute Gasteiger partial charge is 0.348 e. The molecule has 1 atom stereocenters. The molecule has 0 radical (unpaired) electrons. The van der Waals surface area contributed by atoms with E-state index in [4.69, 9.17) is 16.3 Å². The number of thiophene rings is 1. The summed E-state index contributed by atoms with van der Waals surface area (Å²) in [6.45, 7) is 1.64. The molecular formula is C19H19ClN2O5S. The summed E-state index contributed by atoms with van der Waals surface area (Å²) < 4.78 is 5.08. The third-order valence-electron chi connectivity index (χ3n) is 4.73. The fourth-order valence-electron chi connectivity index (χ4n) is 3.20. The van der Waals surface area contributed by atoms with Crippen molar-refractivity contribution in [2.45, 2.75) is 32.6 Å². The van der Waals surface area contributed by atoms with Crippen molar-refractivity contribution >= 4 is 46.2 Å². The highest BCUT2D eigenvalue weighted by Crippen LogP contribution is 2.34. The van der Waals surface area contributed by atoms with Crippen LogP contribution in [0.5, 0.6) is 0 Å². The van der Waals surface area contributed by atoms with E-state index in [1.807, 2.05) is 6.07 Å². The third kappa shape index (κ3) is 4.69. The van der Waals surface area contributed by atoms with Crippen molar-refractivity contribution in [2.75, 3.05) is 11.9 Å². The van der Waals surface area contributed by atoms with E-state index in [1.165, 1.54) is 33.9 Å². The summed E-state index contributed by atoms with van der Waals surface area (Å²) in [5.41, 5.74) is 0.854. The van der Waals surface area contributed by atoms with Gasteiger partial charge >= 0.3 is 5.97 Å². The molecule has 0 bridgehead atoms. The lowest BCUT2D eigenvalue weighted by atomic mass is 9.87. The predicted molar refractivity (Wildman–Crippen MR) is 107 cm³/mol. The van der Waals surface area contributed by atoms with Gasteiger partial charge in [0.2, 0.25) is 0 Å². The molecule has 0 fully saturated rings. The van der Waals surface area contributed by atoms with Crippen LogP contribution in [-0.2, 0) is 22.4 Å². The lowest BCUT2D eigenvalue weighted by Crippen LogP contribution is -2.21. The molecule has 1 aromatic carbocycles. The molecule has 1 aliphatic carbocycles. The van der Waals surface area contributed by atoms with Crippen LogP contribution in [0.4, 0.5) is 11.4 Å². The number of nitro groups is 1. The van der Waals surface area contributed by atoms with E-state index in [0.717, 1.165) is 31.7 Å². The molecule has 1 amide bonds. The Labute approximate surface area is 170 Å². The van der Waals surface area contributed by atoms with Gasteiger partial charge in [0.1, 0.15) is 10.6 Å². The van der Waals surface area contributed by atoms with Gasteiger partial charge in [-0.1, -0.05) is 24.9 Å². The first kappa shape index (κ1) is 20.3. The maximum absolute atomic E-state index is 12.3. The Morgan fingerprint density at radius 2 is 2.18 bits per heavy atom. The molecular weight excluding hydrogens is 404 g/mol. The van der Waals surface area contributed by atoms with Crippen molar-refractivity contribution in [3.63, 3.8) is 0 Å². The summed E-state index contributed by atoms with van der Waals surface area (Å²) in [5.74, 6) is -0.578. The normalized spacial score (nSPS) is 15.6. The van der Waals surface area contributed by atoms with Gasteiger partial charge in [0.25, 0.3) is 11.6 Å². The molecule has 9 heteroatoms. The van der Waals surface area contributed by atoms with Crippen molar-refractivity contribution in [3.05, 3.63) is 54.7 Å². The highest BCUT2D eigenvalue weighted by molar-refractivity contribution is 7.14. The second-order valence-corrected chi connectivity index (χ2v) is 8.19. The van der Waals surface area contributed by atoms with Crippen molar-refractivity contribution < 1.29 is 19.2 Å². The van der Waals surface area contributed by atoms with Crippen LogP contribution < -0.4 is 5.32 Å². The fraction of sp³-hybridized carbons (Fsp3) is 0.368. The first-order valence-electron chi connectivity index (χ1n) is 8.89. The monoisotopic (exact) mass is 422 g/mol. The number of fused-ring (bicyclic) bond motifs is 1. The Balaban J connectivity index is 1.59. The van der Waals surface area contributed by atoms with Crippen LogP contribution in [0, 0.1) is 16.0 Å². The number of esters is 1. The maximum atomic E-state index is 12.3. The molecule has 1 N–H and O–H groups in total. The minimum atomic E-state index is -0.661. The quantitative estimate of drug-likeness (QED) is 0.416. The van der Waals surface area contributed by atoms with Gasteiger partial charge in [0.05, 0.1) is 4.92 Å². The Bertz CT molecular complexity index is 927. The van der Waals surface area contributed by atoms with Crippen LogP contribution in [0.2, 0.25) is 5.02 Å². The minimum Gasteiger partial charge on any atom is -0.451 e. The van der Waals surface area contributed by atoms with E-state index in [0.29, 0.717) is 10.8 Å². The summed E-state index contributed by atoms with van der Waals surface area (Å²) in [7, 11) is 0. The first-order valence-corrected chi connectivity index (χ1v) is 10.1. The number of aryl methyl sites for hydroxylation is 1. The molecule has 1 aromatic heterocycles. The van der Waals surface area contributed by atoms with Crippen LogP contribution in [0.25, 0.3) is 0 Å². The zero-order chi connectivity index (χ0) is 20.3. The van der Waals surface area contributed by atoms with Gasteiger partial charge in [0.15, 0.2) is 6.61 Å². The maximum Gasteiger partial charge on any atom is 0.348 e. The number of rotatable bonds is 6. The number of carbonyl (C=O) groups excluding carboxylic acids is 2. The predicted octanol–water partition coefficient (Wildman–Crippen LogP) is 4.62. The van der Waals surface area contributed by atoms with Crippen LogP contribution in [0.3, 0.4) is 0 Å². The SMILES string of the molecule is CCC1CCc2sc(C(=O)OCC(=O)Nc3ccc(Cl)cc3[N+](=O)[O-])cc2C1. The zero-order valence-electron chi connectivity index (χ0n) is 15.2. The van der Waals surface area contributed by atoms with Gasteiger partial charge in [-0.3, -0.25) is 14.9 Å². The largest absolute Gasteiger partial charge is 0.451 e. The summed E-state index contributed by atoms with van der Waals surface area (Å²) in [4.78, 5) is 36.4. The number of amides is 1. The summed E-state index contributed by atoms with van der Waals surface area (Å²) >= 11 is 7.15. The second-order valence-electron chi connectivity index (χ2n) is 6.62. The van der Waals surface area contributed by atoms with E-state index in [9.17, 15) is 19.7 Å². The molecule has 28 heavy (non-hydrogen) atoms. The van der Waals surface area contributed by atoms with Gasteiger partial charge in [-0.2, -0.15) is 0 Å². The number of ether oxygens (including phenoxy) is 1. The standard InChI is InChI=1S/C19H19ClN2O5S/c1-2-11-3-6-16-12(7-11)8-17(28-16)19(24)27-10-18(23)21-14-5-4-13(20)9-15(14)22(25)26/h4-5,8-9,11H,2-3,6-7,10H2,1H3,(H,21,23). The molecule has 1 aliphatic rings. The van der Waals surface area contributed by atoms with Crippen LogP contribution in [0.1, 0.15) is 39.9 Å². The first-order chi connectivity index (χ1) is 13.4. The van der Waals surface area contributed by atoms with E-state index < -0.39 is 23.4 Å². The summed E-state index contributed by atoms with van der Waals surface area (Å²) in [6.07, 6.45) is 4.18. The van der Waals surface area contributed by atoms with Crippen molar-refractivity contribution in [1.29, 1.82) is 0 Å². The Morgan fingerprint density at radius 1 is 1.39 bits per heavy atom. The van der Waals surface area contributed by atoms with Gasteiger partial charge in [-0.05, 0) is 48.9 Å². The average molecular weight is 423 g/mol. The van der Waals surface area contributed by atoms with E-state index in [2.05, 4.69) is 12.2 Å². The molecule has 1 unspecified atom stereocenters. The highest BCUT2D eigenvalue weighted by Gasteiger charge is 2.23. The average Bonchev–Trinajstić information content (AvgIpc) is 3.10. The van der Waals surface area contributed by atoms with Gasteiger partial charge < -0.3 is 10.1 Å². The fourth-order valence-corrected chi connectivity index (χ4v) is 4.47. The van der Waals surface area contributed by atoms with Crippen LogP contribution in [0.15, 0.2) is 24.3 Å². The number of carbonyl (C=O) groups is 2. The van der Waals surface area contributed by atoms with E-state index in [-0.39, 0.29) is 16.4 Å². The molecule has 0 spiro atoms. The topological polar surface area (TPSA) is 98.5 Å². The summed E-state index contributed by atoms with van der Waals surface area (Å²) in [6, 6.07) is 5.75. The molecule has 2 aromatic rings. The summed E-state index contributed by atoms with van der Waals surface area (Å²) in [5, 5.41) is 13.6. The van der Waals surface area contributed by atoms with Crippen LogP contribution >= 0.6 is 22.9 Å². The van der Waals surface area contributed by atoms with Gasteiger partial charge in [-0.15, -0.1) is 11.3 Å². The molecule has 0 saturated heterocycles. The number of nitro benzene ring substituents is 1.